The molecule has 0 fully saturated rings. The van der Waals surface area contributed by atoms with Crippen molar-refractivity contribution < 1.29 is 14.0 Å². The van der Waals surface area contributed by atoms with Crippen LogP contribution in [0.4, 0.5) is 4.39 Å². The molecule has 0 saturated carbocycles. The number of rotatable bonds is 7. The van der Waals surface area contributed by atoms with E-state index < -0.39 is 17.4 Å². The van der Waals surface area contributed by atoms with Crippen molar-refractivity contribution in [2.75, 3.05) is 0 Å². The third-order valence-electron chi connectivity index (χ3n) is 5.75. The van der Waals surface area contributed by atoms with Gasteiger partial charge >= 0.3 is 0 Å². The molecule has 182 valence electrons. The van der Waals surface area contributed by atoms with Gasteiger partial charge < -0.3 is 10.6 Å². The molecule has 9 heteroatoms. The van der Waals surface area contributed by atoms with E-state index >= 15 is 0 Å². The second-order valence-electron chi connectivity index (χ2n) is 9.66. The molecule has 0 spiro atoms. The van der Waals surface area contributed by atoms with Crippen molar-refractivity contribution in [3.8, 4) is 0 Å². The topological polar surface area (TPSA) is 93.8 Å². The Morgan fingerprint density at radius 1 is 1.06 bits per heavy atom. The molecular weight excluding hydrogens is 447 g/mol. The van der Waals surface area contributed by atoms with Crippen molar-refractivity contribution in [2.24, 2.45) is 12.5 Å². The highest BCUT2D eigenvalue weighted by Gasteiger charge is 2.34. The minimum Gasteiger partial charge on any atom is -0.350 e. The predicted molar refractivity (Wildman–Crippen MR) is 131 cm³/mol. The summed E-state index contributed by atoms with van der Waals surface area (Å²) in [5.41, 5.74) is 2.19. The molecule has 2 amide bonds. The summed E-state index contributed by atoms with van der Waals surface area (Å²) in [5, 5.41) is 15.1. The van der Waals surface area contributed by atoms with Gasteiger partial charge in [-0.3, -0.25) is 19.0 Å². The van der Waals surface area contributed by atoms with Gasteiger partial charge in [0.05, 0.1) is 18.3 Å². The van der Waals surface area contributed by atoms with Gasteiger partial charge in [-0.15, -0.1) is 0 Å². The second-order valence-corrected chi connectivity index (χ2v) is 9.66. The van der Waals surface area contributed by atoms with Gasteiger partial charge in [-0.05, 0) is 29.2 Å². The maximum absolute atomic E-state index is 13.4. The molecule has 0 aliphatic heterocycles. The SMILES string of the molecule is Cn1cc(CNC(=O)[C@@H](NC(=O)c2nn(Cc3ccc(F)cc3)c3ccccc23)C(C)(C)C)cn1. The number of fused-ring (bicyclic) bond motifs is 1. The smallest absolute Gasteiger partial charge is 0.273 e. The summed E-state index contributed by atoms with van der Waals surface area (Å²) in [6.45, 7) is 6.37. The molecule has 4 aromatic rings. The third kappa shape index (κ3) is 5.56. The molecule has 0 unspecified atom stereocenters. The fraction of sp³-hybridized carbons (Fsp3) is 0.308. The Labute approximate surface area is 203 Å². The van der Waals surface area contributed by atoms with Crippen LogP contribution in [0.15, 0.2) is 60.9 Å². The number of amides is 2. The normalized spacial score (nSPS) is 12.5. The molecule has 0 radical (unpaired) electrons. The number of aryl methyl sites for hydroxylation is 1. The number of halogens is 1. The third-order valence-corrected chi connectivity index (χ3v) is 5.75. The van der Waals surface area contributed by atoms with Crippen molar-refractivity contribution in [3.05, 3.63) is 83.6 Å². The molecular formula is C26H29FN6O2. The number of carbonyl (C=O) groups is 2. The Morgan fingerprint density at radius 3 is 2.43 bits per heavy atom. The molecule has 0 aliphatic rings. The number of carbonyl (C=O) groups excluding carboxylic acids is 2. The highest BCUT2D eigenvalue weighted by Crippen LogP contribution is 2.23. The Morgan fingerprint density at radius 2 is 1.77 bits per heavy atom. The number of hydrogen-bond donors (Lipinski definition) is 2. The minimum atomic E-state index is -0.785. The van der Waals surface area contributed by atoms with Gasteiger partial charge in [0.1, 0.15) is 11.9 Å². The van der Waals surface area contributed by atoms with Crippen LogP contribution in [0, 0.1) is 11.2 Å². The Kier molecular flexibility index (Phi) is 6.68. The van der Waals surface area contributed by atoms with E-state index in [-0.39, 0.29) is 17.4 Å². The molecule has 1 atom stereocenters. The molecule has 0 bridgehead atoms. The summed E-state index contributed by atoms with van der Waals surface area (Å²) in [5.74, 6) is -1.03. The van der Waals surface area contributed by atoms with E-state index in [1.165, 1.54) is 12.1 Å². The molecule has 2 N–H and O–H groups in total. The molecule has 0 aliphatic carbocycles. The number of aromatic nitrogens is 4. The van der Waals surface area contributed by atoms with E-state index in [0.29, 0.717) is 18.5 Å². The minimum absolute atomic E-state index is 0.233. The van der Waals surface area contributed by atoms with Crippen molar-refractivity contribution >= 4 is 22.7 Å². The number of nitrogens with zero attached hydrogens (tertiary/aromatic N) is 4. The highest BCUT2D eigenvalue weighted by molar-refractivity contribution is 6.06. The number of benzene rings is 2. The quantitative estimate of drug-likeness (QED) is 0.427. The lowest BCUT2D eigenvalue weighted by Crippen LogP contribution is -2.53. The van der Waals surface area contributed by atoms with E-state index in [4.69, 9.17) is 0 Å². The van der Waals surface area contributed by atoms with Gasteiger partial charge in [0.2, 0.25) is 5.91 Å². The standard InChI is InChI=1S/C26H29FN6O2/c1-26(2,3)23(25(35)28-13-18-14-29-32(4)15-18)30-24(34)22-20-7-5-6-8-21(20)33(31-22)16-17-9-11-19(27)12-10-17/h5-12,14-15,23H,13,16H2,1-4H3,(H,28,35)(H,30,34)/t23-/m1/s1. The molecule has 4 rings (SSSR count). The van der Waals surface area contributed by atoms with Gasteiger partial charge in [0.25, 0.3) is 5.91 Å². The summed E-state index contributed by atoms with van der Waals surface area (Å²) in [6, 6.07) is 12.8. The fourth-order valence-corrected chi connectivity index (χ4v) is 3.91. The Hall–Kier alpha value is -4.01. The monoisotopic (exact) mass is 476 g/mol. The van der Waals surface area contributed by atoms with E-state index in [9.17, 15) is 14.0 Å². The maximum Gasteiger partial charge on any atom is 0.273 e. The summed E-state index contributed by atoms with van der Waals surface area (Å²) in [7, 11) is 1.81. The van der Waals surface area contributed by atoms with Crippen molar-refractivity contribution in [1.82, 2.24) is 30.2 Å². The zero-order valence-corrected chi connectivity index (χ0v) is 20.2. The van der Waals surface area contributed by atoms with Crippen LogP contribution in [-0.4, -0.2) is 37.4 Å². The first kappa shape index (κ1) is 24.1. The van der Waals surface area contributed by atoms with Crippen LogP contribution in [0.5, 0.6) is 0 Å². The first-order valence-electron chi connectivity index (χ1n) is 11.4. The van der Waals surface area contributed by atoms with Gasteiger partial charge in [0.15, 0.2) is 5.69 Å². The first-order valence-corrected chi connectivity index (χ1v) is 11.4. The summed E-state index contributed by atoms with van der Waals surface area (Å²) in [6.07, 6.45) is 3.51. The lowest BCUT2D eigenvalue weighted by atomic mass is 9.86. The Bertz CT molecular complexity index is 1350. The van der Waals surface area contributed by atoms with Crippen LogP contribution in [0.25, 0.3) is 10.9 Å². The number of hydrogen-bond acceptors (Lipinski definition) is 4. The van der Waals surface area contributed by atoms with Crippen molar-refractivity contribution in [1.29, 1.82) is 0 Å². The van der Waals surface area contributed by atoms with Gasteiger partial charge in [-0.2, -0.15) is 10.2 Å². The fourth-order valence-electron chi connectivity index (χ4n) is 3.91. The average Bonchev–Trinajstić information content (AvgIpc) is 3.40. The van der Waals surface area contributed by atoms with Gasteiger partial charge in [0, 0.05) is 30.7 Å². The van der Waals surface area contributed by atoms with E-state index in [1.54, 1.807) is 27.7 Å². The van der Waals surface area contributed by atoms with Crippen LogP contribution in [0.1, 0.15) is 42.4 Å². The highest BCUT2D eigenvalue weighted by atomic mass is 19.1. The summed E-state index contributed by atoms with van der Waals surface area (Å²) >= 11 is 0. The van der Waals surface area contributed by atoms with Crippen LogP contribution in [-0.2, 0) is 24.9 Å². The predicted octanol–water partition coefficient (Wildman–Crippen LogP) is 3.42. The van der Waals surface area contributed by atoms with E-state index in [0.717, 1.165) is 16.6 Å². The van der Waals surface area contributed by atoms with Crippen molar-refractivity contribution in [2.45, 2.75) is 39.9 Å². The molecule has 8 nitrogen and oxygen atoms in total. The largest absolute Gasteiger partial charge is 0.350 e. The van der Waals surface area contributed by atoms with Crippen molar-refractivity contribution in [3.63, 3.8) is 0 Å². The summed E-state index contributed by atoms with van der Waals surface area (Å²) in [4.78, 5) is 26.4. The number of nitrogens with one attached hydrogen (secondary N) is 2. The average molecular weight is 477 g/mol. The van der Waals surface area contributed by atoms with Crippen LogP contribution < -0.4 is 10.6 Å². The molecule has 0 saturated heterocycles. The zero-order valence-electron chi connectivity index (χ0n) is 20.2. The maximum atomic E-state index is 13.4. The molecule has 2 heterocycles. The Balaban J connectivity index is 1.56. The zero-order chi connectivity index (χ0) is 25.2. The molecule has 2 aromatic heterocycles. The van der Waals surface area contributed by atoms with Crippen LogP contribution in [0.3, 0.4) is 0 Å². The lowest BCUT2D eigenvalue weighted by molar-refractivity contribution is -0.125. The summed E-state index contributed by atoms with van der Waals surface area (Å²) < 4.78 is 16.7. The lowest BCUT2D eigenvalue weighted by Gasteiger charge is -2.30. The van der Waals surface area contributed by atoms with Crippen LogP contribution in [0.2, 0.25) is 0 Å². The van der Waals surface area contributed by atoms with E-state index in [2.05, 4.69) is 20.8 Å². The van der Waals surface area contributed by atoms with Gasteiger partial charge in [-0.1, -0.05) is 51.1 Å². The molecule has 35 heavy (non-hydrogen) atoms. The first-order chi connectivity index (χ1) is 16.6. The second kappa shape index (κ2) is 9.69. The van der Waals surface area contributed by atoms with Gasteiger partial charge in [-0.25, -0.2) is 4.39 Å². The number of para-hydroxylation sites is 1. The molecule has 2 aromatic carbocycles. The van der Waals surface area contributed by atoms with Crippen LogP contribution >= 0.6 is 0 Å². The van der Waals surface area contributed by atoms with E-state index in [1.807, 2.05) is 58.3 Å².